The molecule has 0 bridgehead atoms. The molecule has 0 amide bonds. The lowest BCUT2D eigenvalue weighted by molar-refractivity contribution is -0.223. The fraction of sp³-hybridized carbons (Fsp3) is 0.792. The fourth-order valence-electron chi connectivity index (χ4n) is 16.0. The van der Waals surface area contributed by atoms with Crippen molar-refractivity contribution in [2.45, 2.75) is 161 Å². The van der Waals surface area contributed by atoms with Gasteiger partial charge in [-0.3, -0.25) is 19.2 Å². The number of epoxide rings is 1. The van der Waals surface area contributed by atoms with Crippen LogP contribution < -0.4 is 0 Å². The van der Waals surface area contributed by atoms with Crippen LogP contribution >= 0.6 is 0 Å². The summed E-state index contributed by atoms with van der Waals surface area (Å²) in [5, 5.41) is 24.2. The summed E-state index contributed by atoms with van der Waals surface area (Å²) in [6.07, 6.45) is 11.7. The van der Waals surface area contributed by atoms with Gasteiger partial charge in [-0.2, -0.15) is 0 Å². The van der Waals surface area contributed by atoms with Crippen LogP contribution in [0.15, 0.2) is 35.5 Å². The van der Waals surface area contributed by atoms with Crippen LogP contribution in [0.3, 0.4) is 0 Å². The minimum absolute atomic E-state index is 0.0250. The van der Waals surface area contributed by atoms with E-state index in [1.165, 1.54) is 17.7 Å². The topological polar surface area (TPSA) is 140 Å². The summed E-state index contributed by atoms with van der Waals surface area (Å²) in [5.74, 6) is 1.59. The summed E-state index contributed by atoms with van der Waals surface area (Å²) in [5.41, 5.74) is -3.23. The van der Waals surface area contributed by atoms with Crippen molar-refractivity contribution in [1.29, 1.82) is 0 Å². The molecule has 0 aromatic heterocycles. The maximum Gasteiger partial charge on any atom is 0.306 e. The van der Waals surface area contributed by atoms with Crippen LogP contribution in [0.5, 0.6) is 0 Å². The number of aliphatic hydroxyl groups is 2. The number of aliphatic hydroxyl groups excluding tert-OH is 1. The summed E-state index contributed by atoms with van der Waals surface area (Å²) in [6, 6.07) is 0. The highest BCUT2D eigenvalue weighted by Crippen LogP contribution is 2.72. The van der Waals surface area contributed by atoms with E-state index in [2.05, 4.69) is 20.8 Å². The van der Waals surface area contributed by atoms with Crippen LogP contribution in [0.25, 0.3) is 0 Å². The molecule has 2 N–H and O–H groups in total. The van der Waals surface area contributed by atoms with Crippen LogP contribution in [-0.2, 0) is 33.4 Å². The molecule has 1 saturated heterocycles. The molecule has 58 heavy (non-hydrogen) atoms. The third-order valence-corrected chi connectivity index (χ3v) is 18.6. The smallest absolute Gasteiger partial charge is 0.306 e. The van der Waals surface area contributed by atoms with Crippen molar-refractivity contribution in [2.75, 3.05) is 6.61 Å². The van der Waals surface area contributed by atoms with E-state index in [0.717, 1.165) is 37.7 Å². The Labute approximate surface area is 343 Å². The van der Waals surface area contributed by atoms with Gasteiger partial charge in [0.2, 0.25) is 0 Å². The second kappa shape index (κ2) is 13.9. The van der Waals surface area contributed by atoms with E-state index in [0.29, 0.717) is 67.6 Å². The lowest BCUT2D eigenvalue weighted by atomic mass is 9.44. The maximum atomic E-state index is 17.6. The van der Waals surface area contributed by atoms with Crippen LogP contribution in [-0.4, -0.2) is 76.0 Å². The molecule has 1 aliphatic heterocycles. The molecule has 7 fully saturated rings. The number of hydrogen-bond acceptors (Lipinski definition) is 9. The number of carbonyl (C=O) groups excluding carboxylic acids is 4. The van der Waals surface area contributed by atoms with Gasteiger partial charge in [-0.15, -0.1) is 0 Å². The zero-order valence-electron chi connectivity index (χ0n) is 35.3. The predicted molar refractivity (Wildman–Crippen MR) is 212 cm³/mol. The molecular weight excluding hydrogens is 740 g/mol. The standard InChI is InChI=1S/C48H65FO9/c1-25-18-28-20-30(50)11-12-32(28)41-26(2)22-44(4)34(42(25)41)14-15-38(44)58-40(54)9-7-8-39(53)56-24-36-43(57-36)48(55)27(3)19-35-33-13-10-29-21-31(51)16-17-45(29,5)47(33,49)37(52)23-46(35,48)6/h16-17,20-21,25-27,32-38,41-43,52,55H,7-15,18-19,22-24H2,1-6H3/t25-,26+,27+,32?,33?,34?,35?,36?,37+,38+,41?,42?,43?,44+,45+,46+,47+,48+/m1/s1. The molecule has 0 aromatic rings. The van der Waals surface area contributed by atoms with Gasteiger partial charge in [0.15, 0.2) is 17.2 Å². The largest absolute Gasteiger partial charge is 0.463 e. The molecule has 9 nitrogen and oxygen atoms in total. The SMILES string of the molecule is C[C@@H]1CC2=CC(=O)CCC2C2C1C1CC[C@H](OC(=O)CCCC(=O)OCC3OC3[C@@]3(O)[C@@H](C)CC4C5CCC6=CC(=O)C=C[C@]6(C)[C@@]5(F)[C@@H](O)C[C@@]43C)[C@@]1(C)C[C@@H]2C. The summed E-state index contributed by atoms with van der Waals surface area (Å²) in [6.45, 7) is 12.8. The first kappa shape index (κ1) is 40.7. The van der Waals surface area contributed by atoms with E-state index in [9.17, 15) is 29.4 Å². The molecule has 18 atom stereocenters. The van der Waals surface area contributed by atoms with Gasteiger partial charge in [-0.05, 0) is 137 Å². The Hall–Kier alpha value is -2.69. The Kier molecular flexibility index (Phi) is 9.77. The zero-order chi connectivity index (χ0) is 41.3. The van der Waals surface area contributed by atoms with Crippen molar-refractivity contribution in [3.8, 4) is 0 Å². The second-order valence-corrected chi connectivity index (χ2v) is 21.4. The second-order valence-electron chi connectivity index (χ2n) is 21.4. The van der Waals surface area contributed by atoms with Crippen molar-refractivity contribution in [1.82, 2.24) is 0 Å². The summed E-state index contributed by atoms with van der Waals surface area (Å²) < 4.78 is 35.5. The molecule has 10 heteroatoms. The van der Waals surface area contributed by atoms with Crippen molar-refractivity contribution in [3.63, 3.8) is 0 Å². The maximum absolute atomic E-state index is 17.6. The normalized spacial score (nSPS) is 51.2. The number of rotatable bonds is 8. The van der Waals surface area contributed by atoms with Gasteiger partial charge in [0, 0.05) is 41.4 Å². The molecular formula is C48H65FO9. The predicted octanol–water partition coefficient (Wildman–Crippen LogP) is 7.36. The molecule has 8 aliphatic carbocycles. The minimum atomic E-state index is -1.97. The monoisotopic (exact) mass is 804 g/mol. The molecule has 1 heterocycles. The van der Waals surface area contributed by atoms with E-state index < -0.39 is 52.3 Å². The number of esters is 2. The fourth-order valence-corrected chi connectivity index (χ4v) is 16.0. The number of carbonyl (C=O) groups is 4. The van der Waals surface area contributed by atoms with Gasteiger partial charge >= 0.3 is 11.9 Å². The van der Waals surface area contributed by atoms with Gasteiger partial charge in [0.05, 0.1) is 6.10 Å². The highest BCUT2D eigenvalue weighted by Gasteiger charge is 2.78. The summed E-state index contributed by atoms with van der Waals surface area (Å²) in [7, 11) is 0. The Morgan fingerprint density at radius 1 is 0.914 bits per heavy atom. The lowest BCUT2D eigenvalue weighted by Crippen LogP contribution is -2.69. The van der Waals surface area contributed by atoms with Crippen LogP contribution in [0.1, 0.15) is 125 Å². The van der Waals surface area contributed by atoms with Gasteiger partial charge in [-0.25, -0.2) is 4.39 Å². The number of allylic oxidation sites excluding steroid dienone is 5. The Balaban J connectivity index is 0.764. The molecule has 318 valence electrons. The number of fused-ring (bicyclic) bond motifs is 10. The van der Waals surface area contributed by atoms with Crippen molar-refractivity contribution in [2.24, 2.45) is 69.5 Å². The quantitative estimate of drug-likeness (QED) is 0.190. The molecule has 9 aliphatic rings. The zero-order valence-corrected chi connectivity index (χ0v) is 35.3. The van der Waals surface area contributed by atoms with Gasteiger partial charge in [0.25, 0.3) is 0 Å². The van der Waals surface area contributed by atoms with Gasteiger partial charge in [0.1, 0.15) is 30.5 Å². The number of alkyl halides is 1. The van der Waals surface area contributed by atoms with Crippen LogP contribution in [0, 0.1) is 69.5 Å². The molecule has 0 spiro atoms. The Morgan fingerprint density at radius 2 is 1.67 bits per heavy atom. The molecule has 0 aromatic carbocycles. The first-order valence-corrected chi connectivity index (χ1v) is 22.6. The van der Waals surface area contributed by atoms with Crippen LogP contribution in [0.2, 0.25) is 0 Å². The van der Waals surface area contributed by atoms with E-state index in [-0.39, 0.29) is 66.8 Å². The Morgan fingerprint density at radius 3 is 2.45 bits per heavy atom. The van der Waals surface area contributed by atoms with Crippen LogP contribution in [0.4, 0.5) is 4.39 Å². The first-order valence-electron chi connectivity index (χ1n) is 22.6. The van der Waals surface area contributed by atoms with Crippen molar-refractivity contribution < 1.29 is 48.0 Å². The van der Waals surface area contributed by atoms with E-state index in [1.54, 1.807) is 13.0 Å². The Bertz CT molecular complexity index is 1850. The molecule has 8 unspecified atom stereocenters. The third kappa shape index (κ3) is 5.75. The van der Waals surface area contributed by atoms with E-state index >= 15 is 4.39 Å². The highest BCUT2D eigenvalue weighted by molar-refractivity contribution is 6.01. The summed E-state index contributed by atoms with van der Waals surface area (Å²) in [4.78, 5) is 50.6. The first-order chi connectivity index (χ1) is 27.4. The minimum Gasteiger partial charge on any atom is -0.463 e. The van der Waals surface area contributed by atoms with E-state index in [1.807, 2.05) is 19.9 Å². The number of hydrogen-bond donors (Lipinski definition) is 2. The van der Waals surface area contributed by atoms with E-state index in [4.69, 9.17) is 14.2 Å². The van der Waals surface area contributed by atoms with Gasteiger partial charge in [-0.1, -0.05) is 51.8 Å². The molecule has 9 rings (SSSR count). The number of ether oxygens (including phenoxy) is 3. The average Bonchev–Trinajstić information content (AvgIpc) is 3.84. The highest BCUT2D eigenvalue weighted by atomic mass is 19.1. The van der Waals surface area contributed by atoms with Crippen molar-refractivity contribution >= 4 is 23.5 Å². The third-order valence-electron chi connectivity index (χ3n) is 18.6. The molecule has 6 saturated carbocycles. The average molecular weight is 805 g/mol. The molecule has 0 radical (unpaired) electrons. The number of ketones is 2. The van der Waals surface area contributed by atoms with Crippen molar-refractivity contribution in [3.05, 3.63) is 35.5 Å². The lowest BCUT2D eigenvalue weighted by Gasteiger charge is -2.62. The summed E-state index contributed by atoms with van der Waals surface area (Å²) >= 11 is 0. The van der Waals surface area contributed by atoms with Gasteiger partial charge < -0.3 is 24.4 Å². The number of halogens is 1.